The molecule has 1 aromatic carbocycles. The highest BCUT2D eigenvalue weighted by Crippen LogP contribution is 2.33. The third kappa shape index (κ3) is 6.10. The maximum absolute atomic E-state index is 12.6. The molecule has 2 aromatic rings. The van der Waals surface area contributed by atoms with Crippen LogP contribution in [0.25, 0.3) is 6.08 Å². The van der Waals surface area contributed by atoms with Crippen LogP contribution in [-0.4, -0.2) is 33.4 Å². The van der Waals surface area contributed by atoms with Gasteiger partial charge in [-0.05, 0) is 49.4 Å². The van der Waals surface area contributed by atoms with Crippen LogP contribution in [0.2, 0.25) is 0 Å². The van der Waals surface area contributed by atoms with E-state index in [1.54, 1.807) is 40.5 Å². The molecule has 1 aliphatic rings. The van der Waals surface area contributed by atoms with E-state index >= 15 is 0 Å². The fraction of sp³-hybridized carbons (Fsp3) is 0.273. The SMILES string of the molecule is CC(=O)c1cccc(NC(=O)CCCCCN2C(=O)C(=Cc3cccs3)SC2=S)c1. The summed E-state index contributed by atoms with van der Waals surface area (Å²) in [4.78, 5) is 39.5. The molecule has 0 aliphatic carbocycles. The molecule has 1 aliphatic heterocycles. The molecular weight excluding hydrogens is 436 g/mol. The Morgan fingerprint density at radius 2 is 2.00 bits per heavy atom. The van der Waals surface area contributed by atoms with Gasteiger partial charge in [-0.25, -0.2) is 0 Å². The zero-order valence-corrected chi connectivity index (χ0v) is 19.0. The van der Waals surface area contributed by atoms with Crippen LogP contribution in [0.5, 0.6) is 0 Å². The number of rotatable bonds is 9. The Kier molecular flexibility index (Phi) is 7.95. The normalized spacial score (nSPS) is 15.1. The van der Waals surface area contributed by atoms with Crippen molar-refractivity contribution < 1.29 is 14.4 Å². The van der Waals surface area contributed by atoms with Gasteiger partial charge in [0.05, 0.1) is 4.91 Å². The molecule has 0 saturated carbocycles. The van der Waals surface area contributed by atoms with Crippen molar-refractivity contribution >= 4 is 69.0 Å². The molecule has 1 N–H and O–H groups in total. The number of ketones is 1. The van der Waals surface area contributed by atoms with Gasteiger partial charge in [-0.1, -0.05) is 48.6 Å². The van der Waals surface area contributed by atoms with Crippen LogP contribution in [0.15, 0.2) is 46.7 Å². The smallest absolute Gasteiger partial charge is 0.266 e. The van der Waals surface area contributed by atoms with Gasteiger partial charge in [0.1, 0.15) is 4.32 Å². The topological polar surface area (TPSA) is 66.5 Å². The van der Waals surface area contributed by atoms with Gasteiger partial charge in [0.2, 0.25) is 5.91 Å². The minimum atomic E-state index is -0.0832. The highest BCUT2D eigenvalue weighted by molar-refractivity contribution is 8.26. The molecule has 8 heteroatoms. The average molecular weight is 459 g/mol. The Labute approximate surface area is 189 Å². The number of benzene rings is 1. The summed E-state index contributed by atoms with van der Waals surface area (Å²) in [6.45, 7) is 2.06. The average Bonchev–Trinajstić information content (AvgIpc) is 3.31. The van der Waals surface area contributed by atoms with Crippen LogP contribution < -0.4 is 5.32 Å². The Bertz CT molecular complexity index is 983. The number of amides is 2. The lowest BCUT2D eigenvalue weighted by atomic mass is 10.1. The molecule has 30 heavy (non-hydrogen) atoms. The molecule has 1 saturated heterocycles. The molecule has 0 bridgehead atoms. The van der Waals surface area contributed by atoms with Gasteiger partial charge in [-0.15, -0.1) is 11.3 Å². The summed E-state index contributed by atoms with van der Waals surface area (Å²) in [5.74, 6) is -0.159. The van der Waals surface area contributed by atoms with Gasteiger partial charge >= 0.3 is 0 Å². The number of hydrogen-bond donors (Lipinski definition) is 1. The number of carbonyl (C=O) groups is 3. The number of thiophene rings is 1. The van der Waals surface area contributed by atoms with Gasteiger partial charge in [0, 0.05) is 29.1 Å². The standard InChI is InChI=1S/C22H22N2O3S3/c1-15(25)16-7-5-8-17(13-16)23-20(26)10-3-2-4-11-24-21(27)19(30-22(24)28)14-18-9-6-12-29-18/h5-9,12-14H,2-4,10-11H2,1H3,(H,23,26). The van der Waals surface area contributed by atoms with Gasteiger partial charge < -0.3 is 5.32 Å². The predicted molar refractivity (Wildman–Crippen MR) is 128 cm³/mol. The second kappa shape index (κ2) is 10.7. The van der Waals surface area contributed by atoms with Crippen molar-refractivity contribution in [1.82, 2.24) is 4.90 Å². The van der Waals surface area contributed by atoms with Crippen molar-refractivity contribution in [1.29, 1.82) is 0 Å². The number of hydrogen-bond acceptors (Lipinski definition) is 6. The summed E-state index contributed by atoms with van der Waals surface area (Å²) in [7, 11) is 0. The fourth-order valence-electron chi connectivity index (χ4n) is 2.97. The van der Waals surface area contributed by atoms with Crippen LogP contribution in [-0.2, 0) is 9.59 Å². The molecule has 5 nitrogen and oxygen atoms in total. The van der Waals surface area contributed by atoms with Crippen molar-refractivity contribution in [2.45, 2.75) is 32.6 Å². The molecule has 1 fully saturated rings. The summed E-state index contributed by atoms with van der Waals surface area (Å²) in [5.41, 5.74) is 1.20. The second-order valence-electron chi connectivity index (χ2n) is 6.84. The molecule has 0 atom stereocenters. The number of nitrogens with zero attached hydrogens (tertiary/aromatic N) is 1. The lowest BCUT2D eigenvalue weighted by Crippen LogP contribution is -2.29. The van der Waals surface area contributed by atoms with E-state index in [1.165, 1.54) is 18.7 Å². The highest BCUT2D eigenvalue weighted by Gasteiger charge is 2.31. The maximum atomic E-state index is 12.6. The van der Waals surface area contributed by atoms with E-state index in [9.17, 15) is 14.4 Å². The number of Topliss-reactive ketones (excluding diaryl/α,β-unsaturated/α-hetero) is 1. The molecule has 156 valence electrons. The van der Waals surface area contributed by atoms with E-state index in [0.29, 0.717) is 33.4 Å². The third-order valence-corrected chi connectivity index (χ3v) is 6.73. The third-order valence-electron chi connectivity index (χ3n) is 4.53. The largest absolute Gasteiger partial charge is 0.326 e. The van der Waals surface area contributed by atoms with E-state index < -0.39 is 0 Å². The van der Waals surface area contributed by atoms with Crippen molar-refractivity contribution in [2.24, 2.45) is 0 Å². The van der Waals surface area contributed by atoms with E-state index in [-0.39, 0.29) is 17.6 Å². The lowest BCUT2D eigenvalue weighted by molar-refractivity contribution is -0.122. The summed E-state index contributed by atoms with van der Waals surface area (Å²) in [6.07, 6.45) is 4.60. The Hall–Kier alpha value is -2.29. The van der Waals surface area contributed by atoms with Gasteiger partial charge in [-0.3, -0.25) is 19.3 Å². The molecule has 2 heterocycles. The van der Waals surface area contributed by atoms with Crippen molar-refractivity contribution in [3.8, 4) is 0 Å². The second-order valence-corrected chi connectivity index (χ2v) is 9.50. The number of nitrogens with one attached hydrogen (secondary N) is 1. The monoisotopic (exact) mass is 458 g/mol. The van der Waals surface area contributed by atoms with Crippen LogP contribution in [0.1, 0.15) is 47.8 Å². The first-order chi connectivity index (χ1) is 14.4. The maximum Gasteiger partial charge on any atom is 0.266 e. The zero-order valence-electron chi connectivity index (χ0n) is 16.6. The van der Waals surface area contributed by atoms with Crippen LogP contribution in [0.3, 0.4) is 0 Å². The minimum absolute atomic E-state index is 0.0352. The summed E-state index contributed by atoms with van der Waals surface area (Å²) >= 11 is 8.28. The van der Waals surface area contributed by atoms with Crippen LogP contribution >= 0.6 is 35.3 Å². The first kappa shape index (κ1) is 22.4. The Morgan fingerprint density at radius 3 is 2.73 bits per heavy atom. The van der Waals surface area contributed by atoms with E-state index in [2.05, 4.69) is 5.32 Å². The van der Waals surface area contributed by atoms with Gasteiger partial charge in [0.25, 0.3) is 5.91 Å². The Balaban J connectivity index is 1.39. The van der Waals surface area contributed by atoms with Crippen LogP contribution in [0.4, 0.5) is 5.69 Å². The van der Waals surface area contributed by atoms with Crippen molar-refractivity contribution in [2.75, 3.05) is 11.9 Å². The first-order valence-electron chi connectivity index (χ1n) is 9.64. The molecule has 2 amide bonds. The number of thioether (sulfide) groups is 1. The van der Waals surface area contributed by atoms with Gasteiger partial charge in [0.15, 0.2) is 5.78 Å². The van der Waals surface area contributed by atoms with Crippen molar-refractivity contribution in [3.63, 3.8) is 0 Å². The number of carbonyl (C=O) groups excluding carboxylic acids is 3. The number of unbranched alkanes of at least 4 members (excludes halogenated alkanes) is 2. The summed E-state index contributed by atoms with van der Waals surface area (Å²) in [6, 6.07) is 10.8. The molecule has 0 radical (unpaired) electrons. The predicted octanol–water partition coefficient (Wildman–Crippen LogP) is 5.35. The first-order valence-corrected chi connectivity index (χ1v) is 11.7. The quantitative estimate of drug-likeness (QED) is 0.237. The zero-order chi connectivity index (χ0) is 21.5. The molecule has 3 rings (SSSR count). The number of thiocarbonyl (C=S) groups is 1. The number of anilines is 1. The summed E-state index contributed by atoms with van der Waals surface area (Å²) < 4.78 is 0.589. The van der Waals surface area contributed by atoms with Crippen LogP contribution in [0, 0.1) is 0 Å². The van der Waals surface area contributed by atoms with Gasteiger partial charge in [-0.2, -0.15) is 0 Å². The minimum Gasteiger partial charge on any atom is -0.326 e. The highest BCUT2D eigenvalue weighted by atomic mass is 32.2. The van der Waals surface area contributed by atoms with E-state index in [1.807, 2.05) is 23.6 Å². The lowest BCUT2D eigenvalue weighted by Gasteiger charge is -2.14. The Morgan fingerprint density at radius 1 is 1.17 bits per heavy atom. The van der Waals surface area contributed by atoms with E-state index in [4.69, 9.17) is 12.2 Å². The molecular formula is C22H22N2O3S3. The summed E-state index contributed by atoms with van der Waals surface area (Å²) in [5, 5.41) is 4.80. The molecule has 0 spiro atoms. The van der Waals surface area contributed by atoms with E-state index in [0.717, 1.165) is 24.1 Å². The molecule has 0 unspecified atom stereocenters. The molecule has 1 aromatic heterocycles. The van der Waals surface area contributed by atoms with Crippen molar-refractivity contribution in [3.05, 3.63) is 57.1 Å². The fourth-order valence-corrected chi connectivity index (χ4v) is 5.00.